The van der Waals surface area contributed by atoms with Gasteiger partial charge in [0.05, 0.1) is 0 Å². The first-order valence-corrected chi connectivity index (χ1v) is 8.20. The van der Waals surface area contributed by atoms with E-state index in [1.807, 2.05) is 46.4 Å². The molecule has 0 spiro atoms. The van der Waals surface area contributed by atoms with Crippen molar-refractivity contribution in [2.45, 2.75) is 78.9 Å². The van der Waals surface area contributed by atoms with Crippen molar-refractivity contribution in [1.82, 2.24) is 10.2 Å². The van der Waals surface area contributed by atoms with Crippen LogP contribution in [0.15, 0.2) is 0 Å². The maximum absolute atomic E-state index is 12.3. The normalized spacial score (nSPS) is 17.5. The van der Waals surface area contributed by atoms with Crippen molar-refractivity contribution in [2.75, 3.05) is 19.6 Å². The largest absolute Gasteiger partial charge is 0.444 e. The molecule has 124 valence electrons. The van der Waals surface area contributed by atoms with E-state index in [1.165, 1.54) is 19.3 Å². The van der Waals surface area contributed by atoms with Gasteiger partial charge in [0.2, 0.25) is 0 Å². The molecule has 1 rings (SSSR count). The van der Waals surface area contributed by atoms with Crippen LogP contribution in [0.25, 0.3) is 0 Å². The van der Waals surface area contributed by atoms with Crippen molar-refractivity contribution in [3.63, 3.8) is 0 Å². The number of amides is 1. The van der Waals surface area contributed by atoms with Gasteiger partial charge < -0.3 is 15.0 Å². The van der Waals surface area contributed by atoms with E-state index >= 15 is 0 Å². The van der Waals surface area contributed by atoms with Crippen molar-refractivity contribution in [3.05, 3.63) is 0 Å². The molecule has 0 bridgehead atoms. The third-order valence-electron chi connectivity index (χ3n) is 4.14. The van der Waals surface area contributed by atoms with Gasteiger partial charge >= 0.3 is 6.09 Å². The molecule has 0 heterocycles. The lowest BCUT2D eigenvalue weighted by atomic mass is 10.0. The van der Waals surface area contributed by atoms with Crippen LogP contribution in [-0.4, -0.2) is 41.8 Å². The number of nitrogens with zero attached hydrogens (tertiary/aromatic N) is 1. The zero-order valence-corrected chi connectivity index (χ0v) is 15.0. The van der Waals surface area contributed by atoms with Gasteiger partial charge in [-0.2, -0.15) is 0 Å². The quantitative estimate of drug-likeness (QED) is 0.758. The standard InChI is InChI=1S/C17H34N2O2/c1-8-17(9-10-17)13-18-11-12-19(15(2,3)4)14(20)21-16(5,6)7/h18H,8-13H2,1-7H3. The van der Waals surface area contributed by atoms with Crippen molar-refractivity contribution >= 4 is 6.09 Å². The second kappa shape index (κ2) is 6.55. The second-order valence-electron chi connectivity index (χ2n) is 8.33. The highest BCUT2D eigenvalue weighted by Gasteiger charge is 2.40. The number of rotatable bonds is 6. The predicted octanol–water partition coefficient (Wildman–Crippen LogP) is 3.80. The minimum atomic E-state index is -0.450. The van der Waals surface area contributed by atoms with Crippen molar-refractivity contribution in [2.24, 2.45) is 5.41 Å². The summed E-state index contributed by atoms with van der Waals surface area (Å²) >= 11 is 0. The third-order valence-corrected chi connectivity index (χ3v) is 4.14. The molecule has 0 unspecified atom stereocenters. The summed E-state index contributed by atoms with van der Waals surface area (Å²) in [5.74, 6) is 0. The summed E-state index contributed by atoms with van der Waals surface area (Å²) in [5, 5.41) is 3.51. The summed E-state index contributed by atoms with van der Waals surface area (Å²) < 4.78 is 5.52. The Morgan fingerprint density at radius 2 is 1.76 bits per heavy atom. The predicted molar refractivity (Wildman–Crippen MR) is 87.5 cm³/mol. The van der Waals surface area contributed by atoms with E-state index < -0.39 is 5.60 Å². The number of hydrogen-bond acceptors (Lipinski definition) is 3. The molecule has 1 amide bonds. The van der Waals surface area contributed by atoms with E-state index in [0.717, 1.165) is 13.1 Å². The zero-order valence-electron chi connectivity index (χ0n) is 15.0. The Morgan fingerprint density at radius 3 is 2.14 bits per heavy atom. The van der Waals surface area contributed by atoms with Gasteiger partial charge in [0, 0.05) is 25.2 Å². The number of nitrogens with one attached hydrogen (secondary N) is 1. The molecular weight excluding hydrogens is 264 g/mol. The van der Waals surface area contributed by atoms with Gasteiger partial charge in [-0.05, 0) is 66.2 Å². The summed E-state index contributed by atoms with van der Waals surface area (Å²) in [4.78, 5) is 14.2. The van der Waals surface area contributed by atoms with Gasteiger partial charge in [-0.3, -0.25) is 0 Å². The Kier molecular flexibility index (Phi) is 5.70. The monoisotopic (exact) mass is 298 g/mol. The van der Waals surface area contributed by atoms with E-state index in [-0.39, 0.29) is 11.6 Å². The Bertz CT molecular complexity index is 349. The highest BCUT2D eigenvalue weighted by atomic mass is 16.6. The molecule has 0 saturated heterocycles. The van der Waals surface area contributed by atoms with E-state index in [2.05, 4.69) is 12.2 Å². The number of hydrogen-bond donors (Lipinski definition) is 1. The minimum Gasteiger partial charge on any atom is -0.444 e. The lowest BCUT2D eigenvalue weighted by molar-refractivity contribution is 0.00659. The van der Waals surface area contributed by atoms with Crippen molar-refractivity contribution < 1.29 is 9.53 Å². The van der Waals surface area contributed by atoms with Gasteiger partial charge in [0.25, 0.3) is 0 Å². The summed E-state index contributed by atoms with van der Waals surface area (Å²) in [6.07, 6.45) is 3.69. The Balaban J connectivity index is 2.45. The Labute approximate surface area is 130 Å². The fourth-order valence-corrected chi connectivity index (χ4v) is 2.39. The molecule has 21 heavy (non-hydrogen) atoms. The molecule has 0 aliphatic heterocycles. The molecule has 0 aromatic carbocycles. The molecule has 4 heteroatoms. The van der Waals surface area contributed by atoms with E-state index in [4.69, 9.17) is 4.74 Å². The molecule has 1 fully saturated rings. The molecule has 1 saturated carbocycles. The van der Waals surface area contributed by atoms with Gasteiger partial charge in [-0.1, -0.05) is 6.92 Å². The van der Waals surface area contributed by atoms with Crippen LogP contribution in [0.2, 0.25) is 0 Å². The van der Waals surface area contributed by atoms with Crippen molar-refractivity contribution in [3.8, 4) is 0 Å². The maximum Gasteiger partial charge on any atom is 0.410 e. The molecule has 4 nitrogen and oxygen atoms in total. The van der Waals surface area contributed by atoms with Gasteiger partial charge in [0.1, 0.15) is 5.60 Å². The summed E-state index contributed by atoms with van der Waals surface area (Å²) in [7, 11) is 0. The van der Waals surface area contributed by atoms with Crippen LogP contribution >= 0.6 is 0 Å². The van der Waals surface area contributed by atoms with Crippen LogP contribution in [0.3, 0.4) is 0 Å². The maximum atomic E-state index is 12.3. The lowest BCUT2D eigenvalue weighted by Gasteiger charge is -2.37. The molecule has 0 radical (unpaired) electrons. The topological polar surface area (TPSA) is 41.6 Å². The Morgan fingerprint density at radius 1 is 1.19 bits per heavy atom. The fraction of sp³-hybridized carbons (Fsp3) is 0.941. The van der Waals surface area contributed by atoms with E-state index in [1.54, 1.807) is 0 Å². The summed E-state index contributed by atoms with van der Waals surface area (Å²) in [6.45, 7) is 16.7. The first-order chi connectivity index (χ1) is 9.49. The van der Waals surface area contributed by atoms with Crippen LogP contribution in [0, 0.1) is 5.41 Å². The second-order valence-corrected chi connectivity index (χ2v) is 8.33. The third kappa shape index (κ3) is 6.25. The van der Waals surface area contributed by atoms with Crippen LogP contribution in [0.5, 0.6) is 0 Å². The number of carbonyl (C=O) groups is 1. The van der Waals surface area contributed by atoms with Crippen LogP contribution < -0.4 is 5.32 Å². The summed E-state index contributed by atoms with van der Waals surface area (Å²) in [6, 6.07) is 0. The molecular formula is C17H34N2O2. The number of carbonyl (C=O) groups excluding carboxylic acids is 1. The highest BCUT2D eigenvalue weighted by Crippen LogP contribution is 2.47. The van der Waals surface area contributed by atoms with Crippen LogP contribution in [0.1, 0.15) is 67.7 Å². The van der Waals surface area contributed by atoms with Gasteiger partial charge in [-0.25, -0.2) is 4.79 Å². The molecule has 1 aliphatic carbocycles. The van der Waals surface area contributed by atoms with Crippen molar-refractivity contribution in [1.29, 1.82) is 0 Å². The average molecular weight is 298 g/mol. The fourth-order valence-electron chi connectivity index (χ4n) is 2.39. The number of ether oxygens (including phenoxy) is 1. The lowest BCUT2D eigenvalue weighted by Crippen LogP contribution is -2.50. The van der Waals surface area contributed by atoms with Crippen LogP contribution in [0.4, 0.5) is 4.79 Å². The summed E-state index contributed by atoms with van der Waals surface area (Å²) in [5.41, 5.74) is -0.140. The van der Waals surface area contributed by atoms with E-state index in [0.29, 0.717) is 12.0 Å². The molecule has 0 aromatic heterocycles. The highest BCUT2D eigenvalue weighted by molar-refractivity contribution is 5.69. The molecule has 0 atom stereocenters. The van der Waals surface area contributed by atoms with Gasteiger partial charge in [0.15, 0.2) is 0 Å². The Hall–Kier alpha value is -0.770. The SMILES string of the molecule is CCC1(CNCCN(C(=O)OC(C)(C)C)C(C)(C)C)CC1. The van der Waals surface area contributed by atoms with E-state index in [9.17, 15) is 4.79 Å². The molecule has 1 N–H and O–H groups in total. The average Bonchev–Trinajstić information content (AvgIpc) is 3.05. The first kappa shape index (κ1) is 18.3. The zero-order chi connectivity index (χ0) is 16.3. The van der Waals surface area contributed by atoms with Crippen LogP contribution in [-0.2, 0) is 4.74 Å². The molecule has 1 aliphatic rings. The smallest absolute Gasteiger partial charge is 0.410 e. The minimum absolute atomic E-state index is 0.228. The first-order valence-electron chi connectivity index (χ1n) is 8.20. The molecule has 0 aromatic rings. The van der Waals surface area contributed by atoms with Gasteiger partial charge in [-0.15, -0.1) is 0 Å².